The minimum atomic E-state index is -3.24. The van der Waals surface area contributed by atoms with E-state index in [1.165, 1.54) is 18.5 Å². The molecule has 3 heterocycles. The van der Waals surface area contributed by atoms with Gasteiger partial charge in [-0.3, -0.25) is 4.98 Å². The van der Waals surface area contributed by atoms with Gasteiger partial charge in [-0.1, -0.05) is 19.1 Å². The molecule has 0 radical (unpaired) electrons. The lowest BCUT2D eigenvalue weighted by Gasteiger charge is -2.36. The standard InChI is InChI=1S/C32H34BrFN4O5S/c1-4-30(41-13-14-44(39,40)21(2)3)32(11-6-12-43-32)29-17-25-27(18-35-29)36-20-37-31(25)38-24-9-10-28(26(33)16-24)42-19-22-7-5-8-23(34)15-22/h5-10,12,15-18,20-21,30H,4,11,13-14,19H2,1-3H3,(H,36,37,38). The lowest BCUT2D eigenvalue weighted by atomic mass is 9.87. The summed E-state index contributed by atoms with van der Waals surface area (Å²) < 4.78 is 57.2. The molecule has 2 aromatic carbocycles. The lowest BCUT2D eigenvalue weighted by molar-refractivity contribution is -0.109. The quantitative estimate of drug-likeness (QED) is 0.159. The van der Waals surface area contributed by atoms with Crippen molar-refractivity contribution in [3.8, 4) is 5.75 Å². The van der Waals surface area contributed by atoms with Crippen LogP contribution in [0.4, 0.5) is 15.9 Å². The molecular formula is C32H34BrFN4O5S. The van der Waals surface area contributed by atoms with Crippen LogP contribution in [0.2, 0.25) is 0 Å². The normalized spacial score (nSPS) is 17.1. The molecule has 2 aromatic heterocycles. The molecule has 0 aliphatic carbocycles. The molecule has 0 spiro atoms. The minimum Gasteiger partial charge on any atom is -0.488 e. The molecule has 1 aliphatic heterocycles. The molecule has 0 fully saturated rings. The number of benzene rings is 2. The van der Waals surface area contributed by atoms with E-state index in [1.54, 1.807) is 38.4 Å². The van der Waals surface area contributed by atoms with Gasteiger partial charge in [-0.2, -0.15) is 0 Å². The smallest absolute Gasteiger partial charge is 0.179 e. The number of sulfone groups is 1. The van der Waals surface area contributed by atoms with E-state index in [2.05, 4.69) is 31.2 Å². The van der Waals surface area contributed by atoms with E-state index in [-0.39, 0.29) is 24.8 Å². The van der Waals surface area contributed by atoms with E-state index in [0.717, 1.165) is 16.6 Å². The highest BCUT2D eigenvalue weighted by Gasteiger charge is 2.45. The van der Waals surface area contributed by atoms with E-state index >= 15 is 0 Å². The van der Waals surface area contributed by atoms with Gasteiger partial charge in [0.05, 0.1) is 45.8 Å². The van der Waals surface area contributed by atoms with Crippen LogP contribution in [0.25, 0.3) is 10.9 Å². The van der Waals surface area contributed by atoms with Crippen LogP contribution in [0, 0.1) is 5.82 Å². The number of anilines is 2. The summed E-state index contributed by atoms with van der Waals surface area (Å²) in [5.41, 5.74) is 1.82. The fraction of sp³-hybridized carbons (Fsp3) is 0.344. The number of fused-ring (bicyclic) bond motifs is 1. The molecule has 232 valence electrons. The van der Waals surface area contributed by atoms with Crippen LogP contribution >= 0.6 is 15.9 Å². The Morgan fingerprint density at radius 1 is 1.14 bits per heavy atom. The Hall–Kier alpha value is -3.61. The average molecular weight is 686 g/mol. The summed E-state index contributed by atoms with van der Waals surface area (Å²) in [5.74, 6) is 0.800. The first-order valence-electron chi connectivity index (χ1n) is 14.3. The van der Waals surface area contributed by atoms with Gasteiger partial charge >= 0.3 is 0 Å². The van der Waals surface area contributed by atoms with E-state index in [9.17, 15) is 12.8 Å². The summed E-state index contributed by atoms with van der Waals surface area (Å²) in [4.78, 5) is 13.6. The van der Waals surface area contributed by atoms with Crippen molar-refractivity contribution in [1.29, 1.82) is 0 Å². The SMILES string of the molecule is CCC(OCCS(=O)(=O)C(C)C)C1(c2cc3c(Nc4ccc(OCc5cccc(F)c5)c(Br)c4)ncnc3cn2)CC=CO1. The third-order valence-corrected chi connectivity index (χ3v) is 10.3. The maximum Gasteiger partial charge on any atom is 0.179 e. The molecule has 5 rings (SSSR count). The summed E-state index contributed by atoms with van der Waals surface area (Å²) in [6.45, 7) is 5.60. The number of pyridine rings is 1. The zero-order chi connectivity index (χ0) is 31.3. The maximum absolute atomic E-state index is 13.5. The highest BCUT2D eigenvalue weighted by molar-refractivity contribution is 9.10. The number of hydrogen-bond acceptors (Lipinski definition) is 9. The predicted octanol–water partition coefficient (Wildman–Crippen LogP) is 7.00. The van der Waals surface area contributed by atoms with Gasteiger partial charge in [0.1, 0.15) is 36.4 Å². The molecule has 9 nitrogen and oxygen atoms in total. The molecule has 1 N–H and O–H groups in total. The highest BCUT2D eigenvalue weighted by atomic mass is 79.9. The molecule has 2 unspecified atom stereocenters. The highest BCUT2D eigenvalue weighted by Crippen LogP contribution is 2.41. The first-order chi connectivity index (χ1) is 21.1. The van der Waals surface area contributed by atoms with Crippen LogP contribution in [0.5, 0.6) is 5.75 Å². The molecule has 4 aromatic rings. The van der Waals surface area contributed by atoms with Gasteiger partial charge < -0.3 is 19.5 Å². The van der Waals surface area contributed by atoms with Crippen molar-refractivity contribution in [2.45, 2.75) is 57.2 Å². The molecule has 12 heteroatoms. The Balaban J connectivity index is 1.37. The van der Waals surface area contributed by atoms with Crippen molar-refractivity contribution in [3.05, 3.63) is 94.9 Å². The molecule has 0 saturated heterocycles. The third kappa shape index (κ3) is 7.03. The second-order valence-corrected chi connectivity index (χ2v) is 14.3. The molecule has 1 aliphatic rings. The summed E-state index contributed by atoms with van der Waals surface area (Å²) in [6.07, 6.45) is 7.35. The number of rotatable bonds is 13. The summed E-state index contributed by atoms with van der Waals surface area (Å²) in [6, 6.07) is 13.7. The molecule has 44 heavy (non-hydrogen) atoms. The minimum absolute atomic E-state index is 0.0600. The Morgan fingerprint density at radius 3 is 2.68 bits per heavy atom. The summed E-state index contributed by atoms with van der Waals surface area (Å²) in [5, 5.41) is 3.62. The van der Waals surface area contributed by atoms with Gasteiger partial charge in [0, 0.05) is 17.5 Å². The lowest BCUT2D eigenvalue weighted by Crippen LogP contribution is -2.42. The number of nitrogens with one attached hydrogen (secondary N) is 1. The Kier molecular flexibility index (Phi) is 9.81. The fourth-order valence-corrected chi connectivity index (χ4v) is 6.31. The predicted molar refractivity (Wildman–Crippen MR) is 171 cm³/mol. The number of nitrogens with zero attached hydrogens (tertiary/aromatic N) is 3. The van der Waals surface area contributed by atoms with E-state index in [0.29, 0.717) is 40.1 Å². The van der Waals surface area contributed by atoms with Gasteiger partial charge in [-0.05, 0) is 84.2 Å². The maximum atomic E-state index is 13.5. The zero-order valence-electron chi connectivity index (χ0n) is 24.7. The van der Waals surface area contributed by atoms with Crippen molar-refractivity contribution in [1.82, 2.24) is 15.0 Å². The monoisotopic (exact) mass is 684 g/mol. The van der Waals surface area contributed by atoms with Crippen molar-refractivity contribution in [2.75, 3.05) is 17.7 Å². The van der Waals surface area contributed by atoms with Crippen molar-refractivity contribution in [2.24, 2.45) is 0 Å². The van der Waals surface area contributed by atoms with Crippen molar-refractivity contribution in [3.63, 3.8) is 0 Å². The van der Waals surface area contributed by atoms with Crippen LogP contribution in [0.15, 0.2) is 77.9 Å². The Labute approximate surface area is 264 Å². The Bertz CT molecular complexity index is 1760. The molecule has 0 amide bonds. The van der Waals surface area contributed by atoms with Gasteiger partial charge in [0.2, 0.25) is 0 Å². The third-order valence-electron chi connectivity index (χ3n) is 7.52. The Morgan fingerprint density at radius 2 is 1.98 bits per heavy atom. The number of ether oxygens (including phenoxy) is 3. The van der Waals surface area contributed by atoms with Crippen molar-refractivity contribution < 1.29 is 27.0 Å². The second kappa shape index (κ2) is 13.6. The number of halogens is 2. The topological polar surface area (TPSA) is 113 Å². The molecule has 0 bridgehead atoms. The molecular weight excluding hydrogens is 651 g/mol. The summed E-state index contributed by atoms with van der Waals surface area (Å²) in [7, 11) is -3.24. The average Bonchev–Trinajstić information content (AvgIpc) is 3.50. The fourth-order valence-electron chi connectivity index (χ4n) is 5.01. The zero-order valence-corrected chi connectivity index (χ0v) is 27.1. The van der Waals surface area contributed by atoms with Crippen LogP contribution < -0.4 is 10.1 Å². The second-order valence-electron chi connectivity index (χ2n) is 10.8. The molecule has 0 saturated carbocycles. The van der Waals surface area contributed by atoms with Crippen LogP contribution in [0.3, 0.4) is 0 Å². The first-order valence-corrected chi connectivity index (χ1v) is 16.8. The van der Waals surface area contributed by atoms with Gasteiger partial charge in [0.15, 0.2) is 15.4 Å². The van der Waals surface area contributed by atoms with Crippen LogP contribution in [0.1, 0.15) is 44.9 Å². The van der Waals surface area contributed by atoms with E-state index < -0.39 is 26.8 Å². The van der Waals surface area contributed by atoms with Crippen molar-refractivity contribution >= 4 is 48.2 Å². The van der Waals surface area contributed by atoms with Crippen LogP contribution in [-0.2, 0) is 31.5 Å². The summed E-state index contributed by atoms with van der Waals surface area (Å²) >= 11 is 3.57. The first kappa shape index (κ1) is 31.8. The largest absolute Gasteiger partial charge is 0.488 e. The van der Waals surface area contributed by atoms with E-state index in [4.69, 9.17) is 19.2 Å². The van der Waals surface area contributed by atoms with Gasteiger partial charge in [0.25, 0.3) is 0 Å². The van der Waals surface area contributed by atoms with Crippen LogP contribution in [-0.4, -0.2) is 47.1 Å². The van der Waals surface area contributed by atoms with Gasteiger partial charge in [-0.15, -0.1) is 0 Å². The molecule has 2 atom stereocenters. The number of hydrogen-bond donors (Lipinski definition) is 1. The van der Waals surface area contributed by atoms with Gasteiger partial charge in [-0.25, -0.2) is 22.8 Å². The number of aromatic nitrogens is 3. The van der Waals surface area contributed by atoms with E-state index in [1.807, 2.05) is 37.3 Å².